The predicted molar refractivity (Wildman–Crippen MR) is 149 cm³/mol. The number of amidine groups is 1. The van der Waals surface area contributed by atoms with Gasteiger partial charge in [-0.3, -0.25) is 9.69 Å². The number of halogens is 1. The summed E-state index contributed by atoms with van der Waals surface area (Å²) in [5.74, 6) is 0.677. The highest BCUT2D eigenvalue weighted by Crippen LogP contribution is 2.35. The van der Waals surface area contributed by atoms with Crippen molar-refractivity contribution in [3.8, 4) is 11.5 Å². The number of likely N-dealkylation sites (N-methyl/N-ethyl adjacent to an activating group) is 1. The number of aliphatic imine (C=N–C) groups is 1. The van der Waals surface area contributed by atoms with Crippen LogP contribution < -0.4 is 9.47 Å². The summed E-state index contributed by atoms with van der Waals surface area (Å²) in [6.45, 7) is 2.80. The number of methoxy groups -OCH3 is 1. The van der Waals surface area contributed by atoms with Gasteiger partial charge in [-0.05, 0) is 84.4 Å². The summed E-state index contributed by atoms with van der Waals surface area (Å²) in [6.07, 6.45) is 1.81. The van der Waals surface area contributed by atoms with Gasteiger partial charge >= 0.3 is 5.97 Å². The van der Waals surface area contributed by atoms with Crippen molar-refractivity contribution in [3.05, 3.63) is 92.8 Å². The maximum Gasteiger partial charge on any atom is 0.337 e. The first kappa shape index (κ1) is 26.5. The number of rotatable bonds is 8. The quantitative estimate of drug-likeness (QED) is 0.225. The summed E-state index contributed by atoms with van der Waals surface area (Å²) in [6, 6.07) is 20.2. The monoisotopic (exact) mass is 580 g/mol. The lowest BCUT2D eigenvalue weighted by Gasteiger charge is -2.13. The molecule has 0 atom stereocenters. The van der Waals surface area contributed by atoms with Crippen LogP contribution in [0.25, 0.3) is 6.08 Å². The standard InChI is InChI=1S/C28H25BrN2O5S/c1-4-35-24-15-19(7-14-23(24)36-17-18-5-10-21(29)11-6-18)16-25-26(32)31(2)28(37-25)30-22-12-8-20(9-13-22)27(33)34-3/h5-16H,4,17H2,1-3H3/b25-16-,30-28?. The van der Waals surface area contributed by atoms with Crippen molar-refractivity contribution in [3.63, 3.8) is 0 Å². The van der Waals surface area contributed by atoms with Crippen LogP contribution in [-0.2, 0) is 16.1 Å². The Hall–Kier alpha value is -3.56. The fourth-order valence-corrected chi connectivity index (χ4v) is 4.70. The van der Waals surface area contributed by atoms with E-state index < -0.39 is 5.97 Å². The molecule has 190 valence electrons. The molecule has 37 heavy (non-hydrogen) atoms. The van der Waals surface area contributed by atoms with Crippen LogP contribution in [0.1, 0.15) is 28.4 Å². The summed E-state index contributed by atoms with van der Waals surface area (Å²) in [7, 11) is 3.02. The maximum absolute atomic E-state index is 12.9. The van der Waals surface area contributed by atoms with E-state index in [2.05, 4.69) is 20.9 Å². The van der Waals surface area contributed by atoms with Crippen molar-refractivity contribution in [2.45, 2.75) is 13.5 Å². The van der Waals surface area contributed by atoms with E-state index in [1.165, 1.54) is 23.8 Å². The van der Waals surface area contributed by atoms with Crippen LogP contribution in [0.3, 0.4) is 0 Å². The van der Waals surface area contributed by atoms with Gasteiger partial charge in [0, 0.05) is 11.5 Å². The van der Waals surface area contributed by atoms with Crippen LogP contribution in [0.5, 0.6) is 11.5 Å². The molecule has 1 fully saturated rings. The zero-order valence-corrected chi connectivity index (χ0v) is 23.0. The van der Waals surface area contributed by atoms with Gasteiger partial charge < -0.3 is 14.2 Å². The van der Waals surface area contributed by atoms with E-state index >= 15 is 0 Å². The highest BCUT2D eigenvalue weighted by molar-refractivity contribution is 9.10. The lowest BCUT2D eigenvalue weighted by Crippen LogP contribution is -2.23. The minimum Gasteiger partial charge on any atom is -0.490 e. The van der Waals surface area contributed by atoms with Gasteiger partial charge in [0.05, 0.1) is 29.9 Å². The summed E-state index contributed by atoms with van der Waals surface area (Å²) < 4.78 is 17.5. The van der Waals surface area contributed by atoms with Gasteiger partial charge in [0.1, 0.15) is 6.61 Å². The fourth-order valence-electron chi connectivity index (χ4n) is 3.45. The van der Waals surface area contributed by atoms with Crippen LogP contribution in [-0.4, -0.2) is 42.7 Å². The molecule has 0 aliphatic carbocycles. The molecule has 3 aromatic rings. The lowest BCUT2D eigenvalue weighted by molar-refractivity contribution is -0.121. The average Bonchev–Trinajstić information content (AvgIpc) is 3.17. The highest BCUT2D eigenvalue weighted by Gasteiger charge is 2.30. The van der Waals surface area contributed by atoms with Crippen molar-refractivity contribution >= 4 is 56.5 Å². The predicted octanol–water partition coefficient (Wildman–Crippen LogP) is 6.45. The molecule has 0 aromatic heterocycles. The van der Waals surface area contributed by atoms with E-state index in [1.54, 1.807) is 31.3 Å². The summed E-state index contributed by atoms with van der Waals surface area (Å²) >= 11 is 4.72. The van der Waals surface area contributed by atoms with Crippen LogP contribution in [0, 0.1) is 0 Å². The molecule has 0 saturated carbocycles. The van der Waals surface area contributed by atoms with Crippen LogP contribution in [0.4, 0.5) is 5.69 Å². The molecule has 0 radical (unpaired) electrons. The first-order chi connectivity index (χ1) is 17.9. The second kappa shape index (κ2) is 12.1. The average molecular weight is 581 g/mol. The molecule has 1 heterocycles. The number of amides is 1. The van der Waals surface area contributed by atoms with E-state index in [0.29, 0.717) is 46.0 Å². The normalized spacial score (nSPS) is 15.4. The van der Waals surface area contributed by atoms with Crippen molar-refractivity contribution in [2.24, 2.45) is 4.99 Å². The van der Waals surface area contributed by atoms with Gasteiger partial charge in [0.15, 0.2) is 16.7 Å². The molecular weight excluding hydrogens is 556 g/mol. The zero-order chi connectivity index (χ0) is 26.4. The summed E-state index contributed by atoms with van der Waals surface area (Å²) in [5, 5.41) is 0.543. The van der Waals surface area contributed by atoms with E-state index in [1.807, 2.05) is 55.5 Å². The topological polar surface area (TPSA) is 77.4 Å². The van der Waals surface area contributed by atoms with E-state index in [-0.39, 0.29) is 5.91 Å². The zero-order valence-electron chi connectivity index (χ0n) is 20.6. The largest absolute Gasteiger partial charge is 0.490 e. The molecule has 1 aliphatic heterocycles. The van der Waals surface area contributed by atoms with E-state index in [4.69, 9.17) is 14.2 Å². The van der Waals surface area contributed by atoms with Crippen molar-refractivity contribution in [1.82, 2.24) is 4.90 Å². The third-order valence-electron chi connectivity index (χ3n) is 5.39. The Labute approximate surface area is 228 Å². The Kier molecular flexibility index (Phi) is 8.68. The second-order valence-corrected chi connectivity index (χ2v) is 9.89. The number of benzene rings is 3. The Morgan fingerprint density at radius 1 is 1.03 bits per heavy atom. The molecule has 1 amide bonds. The molecule has 0 N–H and O–H groups in total. The van der Waals surface area contributed by atoms with Gasteiger partial charge in [-0.25, -0.2) is 9.79 Å². The molecule has 0 bridgehead atoms. The minimum absolute atomic E-state index is 0.150. The molecule has 9 heteroatoms. The number of hydrogen-bond acceptors (Lipinski definition) is 7. The van der Waals surface area contributed by atoms with Gasteiger partial charge in [-0.1, -0.05) is 34.1 Å². The number of ether oxygens (including phenoxy) is 3. The number of carbonyl (C=O) groups is 2. The number of nitrogens with zero attached hydrogens (tertiary/aromatic N) is 2. The SMILES string of the molecule is CCOc1cc(/C=C2\SC(=Nc3ccc(C(=O)OC)cc3)N(C)C2=O)ccc1OCc1ccc(Br)cc1. The Bertz CT molecular complexity index is 1350. The van der Waals surface area contributed by atoms with E-state index in [9.17, 15) is 9.59 Å². The van der Waals surface area contributed by atoms with Crippen LogP contribution in [0.2, 0.25) is 0 Å². The Balaban J connectivity index is 1.51. The number of carbonyl (C=O) groups excluding carboxylic acids is 2. The van der Waals surface area contributed by atoms with Crippen molar-refractivity contribution in [2.75, 3.05) is 20.8 Å². The van der Waals surface area contributed by atoms with Gasteiger partial charge in [0.25, 0.3) is 5.91 Å². The second-order valence-electron chi connectivity index (χ2n) is 7.96. The first-order valence-electron chi connectivity index (χ1n) is 11.5. The minimum atomic E-state index is -0.414. The molecule has 1 aliphatic rings. The summed E-state index contributed by atoms with van der Waals surface area (Å²) in [5.41, 5.74) is 2.92. The Morgan fingerprint density at radius 3 is 2.43 bits per heavy atom. The third-order valence-corrected chi connectivity index (χ3v) is 6.98. The molecule has 7 nitrogen and oxygen atoms in total. The molecule has 3 aromatic carbocycles. The maximum atomic E-state index is 12.9. The van der Waals surface area contributed by atoms with Gasteiger partial charge in [0.2, 0.25) is 0 Å². The molecule has 0 unspecified atom stereocenters. The van der Waals surface area contributed by atoms with Crippen LogP contribution >= 0.6 is 27.7 Å². The fraction of sp³-hybridized carbons (Fsp3) is 0.179. The smallest absolute Gasteiger partial charge is 0.337 e. The number of thioether (sulfide) groups is 1. The number of hydrogen-bond donors (Lipinski definition) is 0. The first-order valence-corrected chi connectivity index (χ1v) is 13.1. The van der Waals surface area contributed by atoms with Gasteiger partial charge in [-0.15, -0.1) is 0 Å². The van der Waals surface area contributed by atoms with E-state index in [0.717, 1.165) is 15.6 Å². The Morgan fingerprint density at radius 2 is 1.76 bits per heavy atom. The molecular formula is C28H25BrN2O5S. The summed E-state index contributed by atoms with van der Waals surface area (Å²) in [4.78, 5) is 31.1. The van der Waals surface area contributed by atoms with Crippen LogP contribution in [0.15, 0.2) is 81.1 Å². The lowest BCUT2D eigenvalue weighted by atomic mass is 10.1. The van der Waals surface area contributed by atoms with Crippen molar-refractivity contribution in [1.29, 1.82) is 0 Å². The third kappa shape index (κ3) is 6.61. The van der Waals surface area contributed by atoms with Crippen molar-refractivity contribution < 1.29 is 23.8 Å². The van der Waals surface area contributed by atoms with Gasteiger partial charge in [-0.2, -0.15) is 0 Å². The molecule has 0 spiro atoms. The number of esters is 1. The molecule has 4 rings (SSSR count). The highest BCUT2D eigenvalue weighted by atomic mass is 79.9. The molecule has 1 saturated heterocycles.